The lowest BCUT2D eigenvalue weighted by Gasteiger charge is -2.17. The highest BCUT2D eigenvalue weighted by atomic mass is 16.5. The van der Waals surface area contributed by atoms with Crippen molar-refractivity contribution < 1.29 is 9.26 Å². The molecule has 0 radical (unpaired) electrons. The third kappa shape index (κ3) is 2.30. The molecular weight excluding hydrogens is 240 g/mol. The quantitative estimate of drug-likeness (QED) is 0.914. The molecular formula is C15H18N2O2. The topological polar surface area (TPSA) is 61.3 Å². The van der Waals surface area contributed by atoms with Crippen LogP contribution < -0.4 is 10.5 Å². The maximum Gasteiger partial charge on any atom is 0.230 e. The number of hydrogen-bond acceptors (Lipinski definition) is 4. The lowest BCUT2D eigenvalue weighted by Crippen LogP contribution is -2.11. The fourth-order valence-corrected chi connectivity index (χ4v) is 2.71. The highest BCUT2D eigenvalue weighted by molar-refractivity contribution is 5.79. The van der Waals surface area contributed by atoms with Gasteiger partial charge in [-0.05, 0) is 44.2 Å². The summed E-state index contributed by atoms with van der Waals surface area (Å²) in [5, 5.41) is 3.76. The summed E-state index contributed by atoms with van der Waals surface area (Å²) in [7, 11) is 0. The summed E-state index contributed by atoms with van der Waals surface area (Å²) >= 11 is 0. The second kappa shape index (κ2) is 4.96. The van der Waals surface area contributed by atoms with Crippen LogP contribution in [0.2, 0.25) is 0 Å². The van der Waals surface area contributed by atoms with Gasteiger partial charge in [-0.3, -0.25) is 0 Å². The van der Waals surface area contributed by atoms with E-state index in [1.807, 2.05) is 25.1 Å². The fourth-order valence-electron chi connectivity index (χ4n) is 2.71. The number of nitrogens with zero attached hydrogens (tertiary/aromatic N) is 1. The Bertz CT molecular complexity index is 571. The van der Waals surface area contributed by atoms with Crippen molar-refractivity contribution in [3.8, 4) is 16.9 Å². The fraction of sp³-hybridized carbons (Fsp3) is 0.400. The number of hydrogen-bond donors (Lipinski definition) is 1. The monoisotopic (exact) mass is 258 g/mol. The average molecular weight is 258 g/mol. The molecule has 1 heterocycles. The molecule has 1 aliphatic rings. The van der Waals surface area contributed by atoms with Crippen molar-refractivity contribution in [3.05, 3.63) is 30.0 Å². The highest BCUT2D eigenvalue weighted by Crippen LogP contribution is 2.38. The van der Waals surface area contributed by atoms with Gasteiger partial charge in [0.15, 0.2) is 0 Å². The third-order valence-corrected chi connectivity index (χ3v) is 3.70. The van der Waals surface area contributed by atoms with Gasteiger partial charge in [-0.15, -0.1) is 0 Å². The number of aromatic nitrogens is 1. The van der Waals surface area contributed by atoms with Gasteiger partial charge in [-0.25, -0.2) is 0 Å². The molecule has 3 rings (SSSR count). The van der Waals surface area contributed by atoms with E-state index >= 15 is 0 Å². The predicted octanol–water partition coefficient (Wildman–Crippen LogP) is 3.55. The zero-order valence-corrected chi connectivity index (χ0v) is 11.1. The van der Waals surface area contributed by atoms with Crippen molar-refractivity contribution in [1.82, 2.24) is 5.16 Å². The lowest BCUT2D eigenvalue weighted by atomic mass is 10.0. The summed E-state index contributed by atoms with van der Waals surface area (Å²) in [5.74, 6) is 1.22. The van der Waals surface area contributed by atoms with Crippen molar-refractivity contribution >= 4 is 5.88 Å². The molecule has 2 aromatic rings. The molecule has 1 aromatic heterocycles. The zero-order chi connectivity index (χ0) is 13.2. The molecule has 0 spiro atoms. The molecule has 100 valence electrons. The van der Waals surface area contributed by atoms with Crippen LogP contribution in [-0.2, 0) is 0 Å². The Balaban J connectivity index is 1.99. The van der Waals surface area contributed by atoms with E-state index in [0.29, 0.717) is 12.0 Å². The molecule has 0 amide bonds. The van der Waals surface area contributed by atoms with E-state index < -0.39 is 0 Å². The van der Waals surface area contributed by atoms with Crippen LogP contribution in [0.25, 0.3) is 11.1 Å². The Kier molecular flexibility index (Phi) is 3.15. The predicted molar refractivity (Wildman–Crippen MR) is 74.0 cm³/mol. The Morgan fingerprint density at radius 3 is 2.79 bits per heavy atom. The largest absolute Gasteiger partial charge is 0.490 e. The highest BCUT2D eigenvalue weighted by Gasteiger charge is 2.20. The van der Waals surface area contributed by atoms with Gasteiger partial charge >= 0.3 is 0 Å². The van der Waals surface area contributed by atoms with Crippen molar-refractivity contribution in [1.29, 1.82) is 0 Å². The first kappa shape index (κ1) is 12.1. The van der Waals surface area contributed by atoms with Crippen molar-refractivity contribution in [2.24, 2.45) is 0 Å². The van der Waals surface area contributed by atoms with Crippen LogP contribution >= 0.6 is 0 Å². The minimum atomic E-state index is 0.321. The first-order valence-corrected chi connectivity index (χ1v) is 6.72. The van der Waals surface area contributed by atoms with Gasteiger partial charge < -0.3 is 15.0 Å². The summed E-state index contributed by atoms with van der Waals surface area (Å²) in [6.07, 6.45) is 6.74. The van der Waals surface area contributed by atoms with Crippen molar-refractivity contribution in [2.75, 3.05) is 5.73 Å². The number of anilines is 1. The first-order chi connectivity index (χ1) is 9.25. The number of benzene rings is 1. The van der Waals surface area contributed by atoms with E-state index in [4.69, 9.17) is 15.0 Å². The average Bonchev–Trinajstić information content (AvgIpc) is 3.02. The van der Waals surface area contributed by atoms with Crippen LogP contribution in [-0.4, -0.2) is 11.3 Å². The van der Waals surface area contributed by atoms with Gasteiger partial charge in [-0.1, -0.05) is 17.3 Å². The third-order valence-electron chi connectivity index (χ3n) is 3.70. The van der Waals surface area contributed by atoms with Crippen molar-refractivity contribution in [2.45, 2.75) is 38.7 Å². The number of rotatable bonds is 3. The molecule has 2 N–H and O–H groups in total. The summed E-state index contributed by atoms with van der Waals surface area (Å²) in [5.41, 5.74) is 8.75. The summed E-state index contributed by atoms with van der Waals surface area (Å²) in [4.78, 5) is 0. The van der Waals surface area contributed by atoms with Crippen LogP contribution in [0, 0.1) is 6.92 Å². The number of ether oxygens (including phenoxy) is 1. The van der Waals surface area contributed by atoms with Crippen LogP contribution in [0.1, 0.15) is 31.2 Å². The molecule has 1 aliphatic carbocycles. The SMILES string of the molecule is Cc1cccc(OC2CCCC2)c1-c1cnoc1N. The molecule has 4 nitrogen and oxygen atoms in total. The molecule has 1 fully saturated rings. The maximum atomic E-state index is 6.14. The minimum Gasteiger partial charge on any atom is -0.490 e. The lowest BCUT2D eigenvalue weighted by molar-refractivity contribution is 0.211. The smallest absolute Gasteiger partial charge is 0.230 e. The molecule has 0 aliphatic heterocycles. The standard InChI is InChI=1S/C15H18N2O2/c1-10-5-4-8-13(18-11-6-2-3-7-11)14(10)12-9-17-19-15(12)16/h4-5,8-9,11H,2-3,6-7,16H2,1H3. The maximum absolute atomic E-state index is 6.14. The van der Waals surface area contributed by atoms with Crippen LogP contribution in [0.15, 0.2) is 28.9 Å². The van der Waals surface area contributed by atoms with Gasteiger partial charge in [-0.2, -0.15) is 0 Å². The molecule has 19 heavy (non-hydrogen) atoms. The van der Waals surface area contributed by atoms with Crippen molar-refractivity contribution in [3.63, 3.8) is 0 Å². The molecule has 4 heteroatoms. The van der Waals surface area contributed by atoms with E-state index in [1.54, 1.807) is 6.20 Å². The Morgan fingerprint density at radius 1 is 1.32 bits per heavy atom. The molecule has 1 saturated carbocycles. The number of nitrogens with two attached hydrogens (primary N) is 1. The van der Waals surface area contributed by atoms with E-state index in [0.717, 1.165) is 35.3 Å². The second-order valence-corrected chi connectivity index (χ2v) is 5.08. The Hall–Kier alpha value is -1.97. The molecule has 1 aromatic carbocycles. The van der Waals surface area contributed by atoms with E-state index in [2.05, 4.69) is 5.16 Å². The van der Waals surface area contributed by atoms with Gasteiger partial charge in [0.1, 0.15) is 5.75 Å². The van der Waals surface area contributed by atoms with Gasteiger partial charge in [0, 0.05) is 5.56 Å². The van der Waals surface area contributed by atoms with Gasteiger partial charge in [0.05, 0.1) is 17.9 Å². The Labute approximate surface area is 112 Å². The summed E-state index contributed by atoms with van der Waals surface area (Å²) in [6.45, 7) is 2.04. The van der Waals surface area contributed by atoms with Crippen LogP contribution in [0.3, 0.4) is 0 Å². The minimum absolute atomic E-state index is 0.321. The number of nitrogen functional groups attached to an aromatic ring is 1. The summed E-state index contributed by atoms with van der Waals surface area (Å²) in [6, 6.07) is 6.04. The number of aryl methyl sites for hydroxylation is 1. The molecule has 0 saturated heterocycles. The molecule has 0 atom stereocenters. The van der Waals surface area contributed by atoms with Crippen LogP contribution in [0.4, 0.5) is 5.88 Å². The first-order valence-electron chi connectivity index (χ1n) is 6.72. The van der Waals surface area contributed by atoms with E-state index in [-0.39, 0.29) is 0 Å². The summed E-state index contributed by atoms with van der Waals surface area (Å²) < 4.78 is 11.1. The zero-order valence-electron chi connectivity index (χ0n) is 11.1. The van der Waals surface area contributed by atoms with E-state index in [9.17, 15) is 0 Å². The molecule has 0 unspecified atom stereocenters. The van der Waals surface area contributed by atoms with Gasteiger partial charge in [0.2, 0.25) is 5.88 Å². The van der Waals surface area contributed by atoms with E-state index in [1.165, 1.54) is 12.8 Å². The normalized spacial score (nSPS) is 15.8. The van der Waals surface area contributed by atoms with Crippen LogP contribution in [0.5, 0.6) is 5.75 Å². The second-order valence-electron chi connectivity index (χ2n) is 5.08. The Morgan fingerprint density at radius 2 is 2.11 bits per heavy atom. The molecule has 0 bridgehead atoms. The van der Waals surface area contributed by atoms with Gasteiger partial charge in [0.25, 0.3) is 0 Å².